The maximum absolute atomic E-state index is 4.98. The molecule has 0 fully saturated rings. The van der Waals surface area contributed by atoms with E-state index in [0.717, 1.165) is 128 Å². The average molecular weight is 1670 g/mol. The first-order valence-electron chi connectivity index (χ1n) is 43.5. The molecule has 0 aliphatic rings. The lowest BCUT2D eigenvalue weighted by molar-refractivity contribution is 1.07. The van der Waals surface area contributed by atoms with Crippen molar-refractivity contribution in [2.75, 3.05) is 0 Å². The summed E-state index contributed by atoms with van der Waals surface area (Å²) in [6, 6.07) is 157. The lowest BCUT2D eigenvalue weighted by Crippen LogP contribution is -2.00. The molecule has 16 aromatic carbocycles. The summed E-state index contributed by atoms with van der Waals surface area (Å²) in [4.78, 5) is 54.0. The van der Waals surface area contributed by atoms with Crippen LogP contribution in [-0.2, 0) is 0 Å². The molecule has 618 valence electrons. The van der Waals surface area contributed by atoms with E-state index in [1.54, 1.807) is 0 Å². The molecular weight excluding hydrogens is 1580 g/mol. The van der Waals surface area contributed by atoms with Crippen molar-refractivity contribution in [3.8, 4) is 203 Å². The molecule has 5 heterocycles. The average Bonchev–Trinajstić information content (AvgIpc) is 0.792. The van der Waals surface area contributed by atoms with Gasteiger partial charge in [-0.05, 0) is 135 Å². The van der Waals surface area contributed by atoms with Crippen molar-refractivity contribution in [3.63, 3.8) is 0 Å². The molecule has 0 atom stereocenters. The summed E-state index contributed by atoms with van der Waals surface area (Å²) in [5.74, 6) is 5.73. The van der Waals surface area contributed by atoms with Crippen LogP contribution in [0.2, 0.25) is 0 Å². The van der Waals surface area contributed by atoms with Gasteiger partial charge in [0.05, 0.1) is 5.69 Å². The lowest BCUT2D eigenvalue weighted by Gasteiger charge is -2.11. The van der Waals surface area contributed by atoms with Gasteiger partial charge in [0.2, 0.25) is 0 Å². The van der Waals surface area contributed by atoms with Crippen LogP contribution in [0.25, 0.3) is 203 Å². The van der Waals surface area contributed by atoms with E-state index in [9.17, 15) is 0 Å². The fraction of sp³-hybridized carbons (Fsp3) is 0.0336. The molecular formula is C119H87N11. The zero-order valence-electron chi connectivity index (χ0n) is 72.2. The smallest absolute Gasteiger partial charge is 0.164 e. The molecule has 0 unspecified atom stereocenters. The van der Waals surface area contributed by atoms with Crippen LogP contribution < -0.4 is 0 Å². The maximum Gasteiger partial charge on any atom is 0.164 e. The standard InChI is InChI=1S/C40H30N4.C40H29N3.C39H28N4/c1-27-13-26-37(28(2)41-27)33-18-24-36(25-19-33)40-43-38(34-20-14-31(15-21-34)29-9-5-3-6-10-29)42-39(44-40)35-22-16-32(17-23-35)30-11-7-4-8-12-30;1-28-9-8-14-37(27-28)33-19-25-36(26-20-33)40-42-38(34-21-15-31(16-22-34)29-10-4-2-5-11-29)41-39(43-40)35-23-17-32(18-24-35)30-12-6-3-7-13-30;1-27-10-8-17-36(40-27)34-15-9-16-35(26-34)39-42-37(32-22-18-30(19-23-32)28-11-4-2-5-12-28)41-38(43-39)33-24-20-31(21-25-33)29-13-6-3-7-14-29/h3-26H,1-2H3;2-27H,1H3;2-26H,1H3. The molecule has 5 aromatic heterocycles. The number of hydrogen-bond acceptors (Lipinski definition) is 11. The van der Waals surface area contributed by atoms with Gasteiger partial charge in [0.1, 0.15) is 0 Å². The van der Waals surface area contributed by atoms with Gasteiger partial charge in [-0.25, -0.2) is 44.9 Å². The summed E-state index contributed by atoms with van der Waals surface area (Å²) in [5, 5.41) is 0. The zero-order valence-corrected chi connectivity index (χ0v) is 72.2. The third-order valence-electron chi connectivity index (χ3n) is 22.9. The molecule has 11 heteroatoms. The molecule has 0 spiro atoms. The van der Waals surface area contributed by atoms with Crippen molar-refractivity contribution in [2.45, 2.75) is 27.7 Å². The second kappa shape index (κ2) is 38.5. The van der Waals surface area contributed by atoms with E-state index < -0.39 is 0 Å². The van der Waals surface area contributed by atoms with Crippen LogP contribution in [0.5, 0.6) is 0 Å². The van der Waals surface area contributed by atoms with Crippen molar-refractivity contribution >= 4 is 0 Å². The minimum atomic E-state index is 0.619. The van der Waals surface area contributed by atoms with E-state index >= 15 is 0 Å². The minimum Gasteiger partial charge on any atom is -0.258 e. The molecule has 0 N–H and O–H groups in total. The number of benzene rings is 16. The first-order chi connectivity index (χ1) is 64.0. The quantitative estimate of drug-likeness (QED) is 0.0810. The van der Waals surface area contributed by atoms with E-state index in [2.05, 4.69) is 394 Å². The lowest BCUT2D eigenvalue weighted by atomic mass is 10.0. The van der Waals surface area contributed by atoms with Crippen molar-refractivity contribution in [1.29, 1.82) is 0 Å². The Balaban J connectivity index is 0.000000126. The monoisotopic (exact) mass is 1670 g/mol. The number of hydrogen-bond donors (Lipinski definition) is 0. The van der Waals surface area contributed by atoms with Crippen LogP contribution in [-0.4, -0.2) is 54.8 Å². The molecule has 0 saturated carbocycles. The van der Waals surface area contributed by atoms with Crippen molar-refractivity contribution < 1.29 is 0 Å². The van der Waals surface area contributed by atoms with Crippen LogP contribution in [0.1, 0.15) is 22.6 Å². The molecule has 0 aliphatic heterocycles. The molecule has 11 nitrogen and oxygen atoms in total. The molecule has 21 aromatic rings. The van der Waals surface area contributed by atoms with Crippen LogP contribution in [0, 0.1) is 27.7 Å². The Bertz CT molecular complexity index is 7140. The number of pyridine rings is 2. The highest BCUT2D eigenvalue weighted by molar-refractivity contribution is 5.80. The molecule has 0 aliphatic carbocycles. The summed E-state index contributed by atoms with van der Waals surface area (Å²) in [7, 11) is 0. The highest BCUT2D eigenvalue weighted by Crippen LogP contribution is 2.37. The van der Waals surface area contributed by atoms with Crippen LogP contribution in [0.15, 0.2) is 455 Å². The fourth-order valence-corrected chi connectivity index (χ4v) is 15.9. The van der Waals surface area contributed by atoms with Gasteiger partial charge < -0.3 is 0 Å². The zero-order chi connectivity index (χ0) is 87.9. The molecule has 0 amide bonds. The number of aryl methyl sites for hydroxylation is 4. The van der Waals surface area contributed by atoms with E-state index in [-0.39, 0.29) is 0 Å². The number of nitrogens with zero attached hydrogens (tertiary/aromatic N) is 11. The van der Waals surface area contributed by atoms with Gasteiger partial charge in [-0.1, -0.05) is 436 Å². The third-order valence-corrected chi connectivity index (χ3v) is 22.9. The Morgan fingerprint density at radius 2 is 0.331 bits per heavy atom. The normalized spacial score (nSPS) is 10.9. The highest BCUT2D eigenvalue weighted by atomic mass is 15.1. The van der Waals surface area contributed by atoms with Crippen molar-refractivity contribution in [1.82, 2.24) is 54.8 Å². The molecule has 21 rings (SSSR count). The second-order valence-electron chi connectivity index (χ2n) is 31.9. The SMILES string of the molecule is Cc1ccc(-c2ccc(-c3nc(-c4ccc(-c5ccccc5)cc4)nc(-c4ccc(-c5ccccc5)cc4)n3)cc2)c(C)n1.Cc1cccc(-c2ccc(-c3nc(-c4ccc(-c5ccccc5)cc4)nc(-c4ccc(-c5ccccc5)cc4)n3)cc2)c1.Cc1cccc(-c2cccc(-c3nc(-c4ccc(-c5ccccc5)cc4)nc(-c4ccc(-c5ccccc5)cc4)n3)c2)n1. The fourth-order valence-electron chi connectivity index (χ4n) is 15.9. The minimum absolute atomic E-state index is 0.619. The van der Waals surface area contributed by atoms with E-state index in [1.165, 1.54) is 44.5 Å². The van der Waals surface area contributed by atoms with Crippen LogP contribution in [0.4, 0.5) is 0 Å². The Morgan fingerprint density at radius 1 is 0.123 bits per heavy atom. The van der Waals surface area contributed by atoms with Crippen LogP contribution >= 0.6 is 0 Å². The summed E-state index contributed by atoms with van der Waals surface area (Å²) < 4.78 is 0. The predicted molar refractivity (Wildman–Crippen MR) is 532 cm³/mol. The van der Waals surface area contributed by atoms with Gasteiger partial charge in [-0.2, -0.15) is 0 Å². The summed E-state index contributed by atoms with van der Waals surface area (Å²) in [6.07, 6.45) is 0. The number of aromatic nitrogens is 11. The summed E-state index contributed by atoms with van der Waals surface area (Å²) >= 11 is 0. The Labute approximate surface area is 757 Å². The van der Waals surface area contributed by atoms with Gasteiger partial charge in [0, 0.05) is 78.3 Å². The Kier molecular flexibility index (Phi) is 24.4. The van der Waals surface area contributed by atoms with Gasteiger partial charge in [0.25, 0.3) is 0 Å². The predicted octanol–water partition coefficient (Wildman–Crippen LogP) is 29.6. The van der Waals surface area contributed by atoms with Gasteiger partial charge in [0.15, 0.2) is 52.4 Å². The second-order valence-corrected chi connectivity index (χ2v) is 31.9. The highest BCUT2D eigenvalue weighted by Gasteiger charge is 2.20. The van der Waals surface area contributed by atoms with Crippen molar-refractivity contribution in [2.24, 2.45) is 0 Å². The molecule has 0 radical (unpaired) electrons. The van der Waals surface area contributed by atoms with Crippen LogP contribution in [0.3, 0.4) is 0 Å². The molecule has 0 bridgehead atoms. The van der Waals surface area contributed by atoms with Gasteiger partial charge in [-0.15, -0.1) is 0 Å². The largest absolute Gasteiger partial charge is 0.258 e. The van der Waals surface area contributed by atoms with Gasteiger partial charge in [-0.3, -0.25) is 9.97 Å². The first-order valence-corrected chi connectivity index (χ1v) is 43.5. The number of rotatable bonds is 18. The van der Waals surface area contributed by atoms with E-state index in [1.807, 2.05) is 93.6 Å². The third kappa shape index (κ3) is 19.5. The molecule has 130 heavy (non-hydrogen) atoms. The first kappa shape index (κ1) is 82.5. The van der Waals surface area contributed by atoms with Crippen molar-refractivity contribution in [3.05, 3.63) is 478 Å². The Hall–Kier alpha value is -17.2. The van der Waals surface area contributed by atoms with E-state index in [0.29, 0.717) is 52.4 Å². The summed E-state index contributed by atoms with van der Waals surface area (Å²) in [6.45, 7) is 8.18. The topological polar surface area (TPSA) is 142 Å². The van der Waals surface area contributed by atoms with Gasteiger partial charge >= 0.3 is 0 Å². The summed E-state index contributed by atoms with van der Waals surface area (Å²) in [5.41, 5.74) is 33.2. The molecule has 0 saturated heterocycles. The Morgan fingerprint density at radius 3 is 0.600 bits per heavy atom. The maximum atomic E-state index is 4.98. The van der Waals surface area contributed by atoms with E-state index in [4.69, 9.17) is 49.8 Å².